The minimum absolute atomic E-state index is 0.200. The first-order valence-corrected chi connectivity index (χ1v) is 6.07. The first kappa shape index (κ1) is 10.1. The van der Waals surface area contributed by atoms with E-state index in [1.54, 1.807) is 18.2 Å². The quantitative estimate of drug-likeness (QED) is 0.830. The number of hydrogen-bond acceptors (Lipinski definition) is 3. The van der Waals surface area contributed by atoms with Crippen molar-refractivity contribution in [2.45, 2.75) is 23.3 Å². The van der Waals surface area contributed by atoms with E-state index < -0.39 is 15.6 Å². The summed E-state index contributed by atoms with van der Waals surface area (Å²) in [6.07, 6.45) is 1.19. The summed E-state index contributed by atoms with van der Waals surface area (Å²) >= 11 is 0. The van der Waals surface area contributed by atoms with Gasteiger partial charge in [-0.2, -0.15) is 9.98 Å². The number of nitrogens with zero attached hydrogens (tertiary/aromatic N) is 1. The van der Waals surface area contributed by atoms with Crippen LogP contribution in [0.25, 0.3) is 0 Å². The number of nitrogens with one attached hydrogen (secondary N) is 1. The van der Waals surface area contributed by atoms with Gasteiger partial charge in [-0.05, 0) is 25.0 Å². The maximum absolute atomic E-state index is 11.8. The molecule has 0 atom stereocenters. The predicted molar refractivity (Wildman–Crippen MR) is 54.3 cm³/mol. The van der Waals surface area contributed by atoms with E-state index in [1.165, 1.54) is 12.1 Å². The molecule has 1 fully saturated rings. The van der Waals surface area contributed by atoms with Gasteiger partial charge in [0.15, 0.2) is 0 Å². The molecule has 0 spiro atoms. The second kappa shape index (κ2) is 3.33. The Hall–Kier alpha value is -1.38. The highest BCUT2D eigenvalue weighted by Gasteiger charge is 2.46. The Morgan fingerprint density at radius 3 is 2.33 bits per heavy atom. The smallest absolute Gasteiger partial charge is 0.207 e. The van der Waals surface area contributed by atoms with Gasteiger partial charge in [0.05, 0.1) is 11.0 Å². The van der Waals surface area contributed by atoms with E-state index in [4.69, 9.17) is 5.26 Å². The molecule has 1 aliphatic rings. The monoisotopic (exact) mass is 222 g/mol. The van der Waals surface area contributed by atoms with Gasteiger partial charge in [0.2, 0.25) is 10.0 Å². The SMILES string of the molecule is N#CC1(NS(=O)(=O)c2ccccc2)CC1. The lowest BCUT2D eigenvalue weighted by molar-refractivity contribution is 0.571. The van der Waals surface area contributed by atoms with E-state index in [0.717, 1.165) is 0 Å². The molecule has 0 bridgehead atoms. The summed E-state index contributed by atoms with van der Waals surface area (Å²) in [5.74, 6) is 0. The van der Waals surface area contributed by atoms with Crippen molar-refractivity contribution in [1.29, 1.82) is 5.26 Å². The Balaban J connectivity index is 2.26. The molecule has 0 unspecified atom stereocenters. The second-order valence-corrected chi connectivity index (χ2v) is 5.29. The fraction of sp³-hybridized carbons (Fsp3) is 0.300. The summed E-state index contributed by atoms with van der Waals surface area (Å²) in [5, 5.41) is 8.79. The van der Waals surface area contributed by atoms with E-state index in [0.29, 0.717) is 12.8 Å². The summed E-state index contributed by atoms with van der Waals surface area (Å²) in [4.78, 5) is 0.200. The summed E-state index contributed by atoms with van der Waals surface area (Å²) < 4.78 is 26.0. The molecule has 5 heteroatoms. The Labute approximate surface area is 88.6 Å². The molecule has 0 aliphatic heterocycles. The van der Waals surface area contributed by atoms with Gasteiger partial charge in [0.25, 0.3) is 0 Å². The van der Waals surface area contributed by atoms with Crippen LogP contribution in [-0.4, -0.2) is 14.0 Å². The van der Waals surface area contributed by atoms with Gasteiger partial charge >= 0.3 is 0 Å². The highest BCUT2D eigenvalue weighted by Crippen LogP contribution is 2.35. The van der Waals surface area contributed by atoms with Crippen molar-refractivity contribution in [2.24, 2.45) is 0 Å². The summed E-state index contributed by atoms with van der Waals surface area (Å²) in [5.41, 5.74) is -0.853. The second-order valence-electron chi connectivity index (χ2n) is 3.61. The molecule has 78 valence electrons. The fourth-order valence-corrected chi connectivity index (χ4v) is 2.67. The largest absolute Gasteiger partial charge is 0.241 e. The molecule has 0 aromatic heterocycles. The van der Waals surface area contributed by atoms with Crippen molar-refractivity contribution in [2.75, 3.05) is 0 Å². The minimum atomic E-state index is -3.54. The molecule has 0 amide bonds. The first-order valence-electron chi connectivity index (χ1n) is 4.58. The number of rotatable bonds is 3. The van der Waals surface area contributed by atoms with Crippen LogP contribution >= 0.6 is 0 Å². The van der Waals surface area contributed by atoms with Crippen LogP contribution in [0.3, 0.4) is 0 Å². The lowest BCUT2D eigenvalue weighted by Crippen LogP contribution is -2.35. The van der Waals surface area contributed by atoms with Crippen LogP contribution in [0.5, 0.6) is 0 Å². The zero-order valence-corrected chi connectivity index (χ0v) is 8.79. The Morgan fingerprint density at radius 2 is 1.87 bits per heavy atom. The third-order valence-corrected chi connectivity index (χ3v) is 3.90. The van der Waals surface area contributed by atoms with Crippen LogP contribution in [0.2, 0.25) is 0 Å². The molecule has 1 saturated carbocycles. The van der Waals surface area contributed by atoms with Crippen LogP contribution < -0.4 is 4.72 Å². The average Bonchev–Trinajstić information content (AvgIpc) is 2.99. The van der Waals surface area contributed by atoms with Gasteiger partial charge in [-0.3, -0.25) is 0 Å². The molecule has 1 aromatic carbocycles. The fourth-order valence-electron chi connectivity index (χ4n) is 1.28. The molecule has 2 rings (SSSR count). The standard InChI is InChI=1S/C10H10N2O2S/c11-8-10(6-7-10)12-15(13,14)9-4-2-1-3-5-9/h1-5,12H,6-7H2. The van der Waals surface area contributed by atoms with Gasteiger partial charge in [0.1, 0.15) is 5.54 Å². The van der Waals surface area contributed by atoms with E-state index in [2.05, 4.69) is 4.72 Å². The summed E-state index contributed by atoms with van der Waals surface area (Å²) in [7, 11) is -3.54. The molecule has 1 N–H and O–H groups in total. The molecule has 0 heterocycles. The molecule has 0 radical (unpaired) electrons. The summed E-state index contributed by atoms with van der Waals surface area (Å²) in [6, 6.07) is 10.1. The van der Waals surface area contributed by atoms with Crippen LogP contribution in [0.15, 0.2) is 35.2 Å². The third kappa shape index (κ3) is 2.01. The van der Waals surface area contributed by atoms with E-state index in [-0.39, 0.29) is 4.90 Å². The highest BCUT2D eigenvalue weighted by molar-refractivity contribution is 7.89. The first-order chi connectivity index (χ1) is 7.08. The van der Waals surface area contributed by atoms with Crippen LogP contribution in [0, 0.1) is 11.3 Å². The molecule has 1 aromatic rings. The van der Waals surface area contributed by atoms with Crippen LogP contribution in [0.4, 0.5) is 0 Å². The van der Waals surface area contributed by atoms with Crippen molar-refractivity contribution in [1.82, 2.24) is 4.72 Å². The predicted octanol–water partition coefficient (Wildman–Crippen LogP) is 1.02. The van der Waals surface area contributed by atoms with Crippen molar-refractivity contribution in [3.8, 4) is 6.07 Å². The minimum Gasteiger partial charge on any atom is -0.207 e. The van der Waals surface area contributed by atoms with Gasteiger partial charge in [-0.15, -0.1) is 0 Å². The number of sulfonamides is 1. The van der Waals surface area contributed by atoms with Crippen molar-refractivity contribution in [3.05, 3.63) is 30.3 Å². The van der Waals surface area contributed by atoms with E-state index in [9.17, 15) is 8.42 Å². The van der Waals surface area contributed by atoms with Crippen molar-refractivity contribution < 1.29 is 8.42 Å². The van der Waals surface area contributed by atoms with E-state index in [1.807, 2.05) is 6.07 Å². The maximum atomic E-state index is 11.8. The Bertz CT molecular complexity index is 498. The number of benzene rings is 1. The number of nitriles is 1. The molecular weight excluding hydrogens is 212 g/mol. The zero-order valence-electron chi connectivity index (χ0n) is 7.97. The van der Waals surface area contributed by atoms with Gasteiger partial charge in [-0.25, -0.2) is 8.42 Å². The van der Waals surface area contributed by atoms with Crippen molar-refractivity contribution in [3.63, 3.8) is 0 Å². The number of hydrogen-bond donors (Lipinski definition) is 1. The normalized spacial score (nSPS) is 18.1. The Morgan fingerprint density at radius 1 is 1.27 bits per heavy atom. The van der Waals surface area contributed by atoms with Crippen LogP contribution in [-0.2, 0) is 10.0 Å². The lowest BCUT2D eigenvalue weighted by atomic mass is 10.3. The summed E-state index contributed by atoms with van der Waals surface area (Å²) in [6.45, 7) is 0. The van der Waals surface area contributed by atoms with Gasteiger partial charge in [0, 0.05) is 0 Å². The average molecular weight is 222 g/mol. The lowest BCUT2D eigenvalue weighted by Gasteiger charge is -2.09. The third-order valence-electron chi connectivity index (χ3n) is 2.35. The molecular formula is C10H10N2O2S. The van der Waals surface area contributed by atoms with E-state index >= 15 is 0 Å². The van der Waals surface area contributed by atoms with Gasteiger partial charge in [-0.1, -0.05) is 18.2 Å². The zero-order chi connectivity index (χ0) is 10.9. The van der Waals surface area contributed by atoms with Gasteiger partial charge < -0.3 is 0 Å². The molecule has 4 nitrogen and oxygen atoms in total. The Kier molecular flexibility index (Phi) is 2.25. The maximum Gasteiger partial charge on any atom is 0.241 e. The highest BCUT2D eigenvalue weighted by atomic mass is 32.2. The molecule has 0 saturated heterocycles. The molecule has 15 heavy (non-hydrogen) atoms. The van der Waals surface area contributed by atoms with Crippen LogP contribution in [0.1, 0.15) is 12.8 Å². The molecule has 1 aliphatic carbocycles. The topological polar surface area (TPSA) is 70.0 Å². The van der Waals surface area contributed by atoms with Crippen molar-refractivity contribution >= 4 is 10.0 Å².